The van der Waals surface area contributed by atoms with Crippen LogP contribution in [-0.2, 0) is 0 Å². The van der Waals surface area contributed by atoms with E-state index in [0.717, 1.165) is 6.54 Å². The van der Waals surface area contributed by atoms with Crippen LogP contribution in [0.1, 0.15) is 13.8 Å². The zero-order chi connectivity index (χ0) is 7.11. The molecule has 0 aliphatic rings. The highest BCUT2D eigenvalue weighted by atomic mass is 14.9. The predicted octanol–water partition coefficient (Wildman–Crippen LogP) is 1.73. The number of allylic oxidation sites excluding steroid dienone is 1. The van der Waals surface area contributed by atoms with Gasteiger partial charge in [0.1, 0.15) is 0 Å². The molecule has 0 bridgehead atoms. The highest BCUT2D eigenvalue weighted by Crippen LogP contribution is 1.82. The van der Waals surface area contributed by atoms with Gasteiger partial charge in [0.05, 0.1) is 0 Å². The van der Waals surface area contributed by atoms with Gasteiger partial charge in [0.25, 0.3) is 0 Å². The molecular weight excluding hydrogens is 110 g/mol. The maximum atomic E-state index is 3.61. The molecular formula is C8H15N. The fourth-order valence-electron chi connectivity index (χ4n) is 0.626. The van der Waals surface area contributed by atoms with Gasteiger partial charge in [-0.05, 0) is 13.8 Å². The lowest BCUT2D eigenvalue weighted by Gasteiger charge is -2.04. The molecule has 9 heavy (non-hydrogen) atoms. The van der Waals surface area contributed by atoms with Gasteiger partial charge in [-0.15, -0.1) is 6.58 Å². The van der Waals surface area contributed by atoms with Crippen molar-refractivity contribution in [2.24, 2.45) is 0 Å². The highest BCUT2D eigenvalue weighted by Gasteiger charge is 1.88. The molecule has 0 radical (unpaired) electrons. The van der Waals surface area contributed by atoms with Crippen LogP contribution >= 0.6 is 0 Å². The van der Waals surface area contributed by atoms with Crippen LogP contribution in [0.3, 0.4) is 0 Å². The van der Waals surface area contributed by atoms with Gasteiger partial charge < -0.3 is 5.32 Å². The standard InChI is InChI=1S/C8H15N/c1-4-6-8(3)9-7-5-2/h4-6,8-9H,2,7H2,1,3H3. The first-order valence-electron chi connectivity index (χ1n) is 3.28. The monoisotopic (exact) mass is 125 g/mol. The molecule has 0 spiro atoms. The minimum Gasteiger partial charge on any atom is -0.307 e. The normalized spacial score (nSPS) is 14.0. The zero-order valence-electron chi connectivity index (χ0n) is 6.22. The molecule has 52 valence electrons. The van der Waals surface area contributed by atoms with Crippen LogP contribution in [0, 0.1) is 0 Å². The van der Waals surface area contributed by atoms with E-state index in [9.17, 15) is 0 Å². The first-order valence-corrected chi connectivity index (χ1v) is 3.28. The lowest BCUT2D eigenvalue weighted by atomic mass is 10.3. The molecule has 0 rings (SSSR count). The van der Waals surface area contributed by atoms with Gasteiger partial charge in [-0.2, -0.15) is 0 Å². The van der Waals surface area contributed by atoms with Crippen LogP contribution in [0.4, 0.5) is 0 Å². The van der Waals surface area contributed by atoms with Crippen molar-refractivity contribution in [2.45, 2.75) is 19.9 Å². The molecule has 0 heterocycles. The van der Waals surface area contributed by atoms with E-state index in [2.05, 4.69) is 24.9 Å². The minimum atomic E-state index is 0.466. The maximum absolute atomic E-state index is 3.61. The smallest absolute Gasteiger partial charge is 0.0224 e. The zero-order valence-corrected chi connectivity index (χ0v) is 6.22. The largest absolute Gasteiger partial charge is 0.307 e. The summed E-state index contributed by atoms with van der Waals surface area (Å²) in [4.78, 5) is 0. The van der Waals surface area contributed by atoms with Crippen LogP contribution in [0.5, 0.6) is 0 Å². The summed E-state index contributed by atoms with van der Waals surface area (Å²) in [5.74, 6) is 0. The van der Waals surface area contributed by atoms with E-state index >= 15 is 0 Å². The SMILES string of the molecule is C=CCNC(C)C=CC. The number of rotatable bonds is 4. The Morgan fingerprint density at radius 2 is 2.33 bits per heavy atom. The van der Waals surface area contributed by atoms with Gasteiger partial charge in [0, 0.05) is 12.6 Å². The average molecular weight is 125 g/mol. The Balaban J connectivity index is 3.25. The van der Waals surface area contributed by atoms with E-state index in [4.69, 9.17) is 0 Å². The number of nitrogens with one attached hydrogen (secondary N) is 1. The van der Waals surface area contributed by atoms with Crippen molar-refractivity contribution in [2.75, 3.05) is 6.54 Å². The summed E-state index contributed by atoms with van der Waals surface area (Å²) in [6.07, 6.45) is 6.02. The van der Waals surface area contributed by atoms with Crippen molar-refractivity contribution < 1.29 is 0 Å². The van der Waals surface area contributed by atoms with Crippen molar-refractivity contribution in [3.63, 3.8) is 0 Å². The van der Waals surface area contributed by atoms with E-state index in [1.165, 1.54) is 0 Å². The van der Waals surface area contributed by atoms with Crippen LogP contribution in [0.15, 0.2) is 24.8 Å². The van der Waals surface area contributed by atoms with E-state index in [0.29, 0.717) is 6.04 Å². The van der Waals surface area contributed by atoms with Crippen molar-refractivity contribution in [1.29, 1.82) is 0 Å². The Bertz CT molecular complexity index is 94.7. The van der Waals surface area contributed by atoms with Crippen molar-refractivity contribution >= 4 is 0 Å². The van der Waals surface area contributed by atoms with Gasteiger partial charge in [-0.1, -0.05) is 18.2 Å². The second kappa shape index (κ2) is 5.57. The topological polar surface area (TPSA) is 12.0 Å². The highest BCUT2D eigenvalue weighted by molar-refractivity contribution is 4.89. The number of hydrogen-bond acceptors (Lipinski definition) is 1. The Morgan fingerprint density at radius 1 is 1.67 bits per heavy atom. The van der Waals surface area contributed by atoms with Gasteiger partial charge in [-0.3, -0.25) is 0 Å². The van der Waals surface area contributed by atoms with Crippen LogP contribution < -0.4 is 5.32 Å². The van der Waals surface area contributed by atoms with Crippen LogP contribution in [-0.4, -0.2) is 12.6 Å². The van der Waals surface area contributed by atoms with Gasteiger partial charge in [-0.25, -0.2) is 0 Å². The molecule has 0 aromatic heterocycles. The molecule has 0 aromatic rings. The summed E-state index contributed by atoms with van der Waals surface area (Å²) >= 11 is 0. The molecule has 0 amide bonds. The summed E-state index contributed by atoms with van der Waals surface area (Å²) in [6, 6.07) is 0.466. The summed E-state index contributed by atoms with van der Waals surface area (Å²) in [5.41, 5.74) is 0. The second-order valence-corrected chi connectivity index (χ2v) is 2.01. The minimum absolute atomic E-state index is 0.466. The summed E-state index contributed by atoms with van der Waals surface area (Å²) in [7, 11) is 0. The molecule has 1 nitrogen and oxygen atoms in total. The van der Waals surface area contributed by atoms with Gasteiger partial charge >= 0.3 is 0 Å². The maximum Gasteiger partial charge on any atom is 0.0224 e. The molecule has 1 heteroatoms. The number of hydrogen-bond donors (Lipinski definition) is 1. The fraction of sp³-hybridized carbons (Fsp3) is 0.500. The third-order valence-corrected chi connectivity index (χ3v) is 1.07. The molecule has 1 unspecified atom stereocenters. The van der Waals surface area contributed by atoms with Crippen molar-refractivity contribution in [3.8, 4) is 0 Å². The average Bonchev–Trinajstić information content (AvgIpc) is 1.85. The third-order valence-electron chi connectivity index (χ3n) is 1.07. The first kappa shape index (κ1) is 8.44. The van der Waals surface area contributed by atoms with Crippen LogP contribution in [0.25, 0.3) is 0 Å². The third kappa shape index (κ3) is 5.31. The summed E-state index contributed by atoms with van der Waals surface area (Å²) in [5, 5.41) is 3.23. The molecule has 1 N–H and O–H groups in total. The molecule has 0 saturated heterocycles. The summed E-state index contributed by atoms with van der Waals surface area (Å²) in [6.45, 7) is 8.62. The Labute approximate surface area is 57.5 Å². The molecule has 0 aliphatic carbocycles. The molecule has 0 fully saturated rings. The molecule has 1 atom stereocenters. The predicted molar refractivity (Wildman–Crippen MR) is 42.5 cm³/mol. The van der Waals surface area contributed by atoms with Gasteiger partial charge in [0.2, 0.25) is 0 Å². The van der Waals surface area contributed by atoms with Crippen LogP contribution in [0.2, 0.25) is 0 Å². The van der Waals surface area contributed by atoms with Crippen molar-refractivity contribution in [3.05, 3.63) is 24.8 Å². The van der Waals surface area contributed by atoms with Gasteiger partial charge in [0.15, 0.2) is 0 Å². The lowest BCUT2D eigenvalue weighted by Crippen LogP contribution is -2.23. The Morgan fingerprint density at radius 3 is 2.78 bits per heavy atom. The van der Waals surface area contributed by atoms with E-state index in [1.807, 2.05) is 19.1 Å². The van der Waals surface area contributed by atoms with E-state index in [-0.39, 0.29) is 0 Å². The lowest BCUT2D eigenvalue weighted by molar-refractivity contribution is 0.685. The van der Waals surface area contributed by atoms with Crippen molar-refractivity contribution in [1.82, 2.24) is 5.32 Å². The van der Waals surface area contributed by atoms with E-state index < -0.39 is 0 Å². The fourth-order valence-corrected chi connectivity index (χ4v) is 0.626. The Kier molecular flexibility index (Phi) is 5.23. The molecule has 0 saturated carbocycles. The molecule has 0 aliphatic heterocycles. The molecule has 0 aromatic carbocycles. The quantitative estimate of drug-likeness (QED) is 0.564. The second-order valence-electron chi connectivity index (χ2n) is 2.01. The first-order chi connectivity index (χ1) is 4.31. The van der Waals surface area contributed by atoms with E-state index in [1.54, 1.807) is 0 Å². The Hall–Kier alpha value is -0.560. The summed E-state index contributed by atoms with van der Waals surface area (Å²) < 4.78 is 0.